The van der Waals surface area contributed by atoms with Crippen LogP contribution < -0.4 is 5.32 Å². The smallest absolute Gasteiger partial charge is 0.325 e. The molecule has 2 amide bonds. The zero-order valence-electron chi connectivity index (χ0n) is 15.2. The number of nitrogens with one attached hydrogen (secondary N) is 1. The SMILES string of the molecule is COC(=O)CN(CC(=O)OC)C(=O)C(C)SCC(=O)Nc1ccc(F)cc1. The largest absolute Gasteiger partial charge is 0.468 e. The quantitative estimate of drug-likeness (QED) is 0.619. The highest BCUT2D eigenvalue weighted by molar-refractivity contribution is 8.01. The van der Waals surface area contributed by atoms with E-state index in [0.717, 1.165) is 16.7 Å². The first kappa shape index (κ1) is 22.4. The lowest BCUT2D eigenvalue weighted by Crippen LogP contribution is -2.43. The summed E-state index contributed by atoms with van der Waals surface area (Å²) < 4.78 is 21.9. The Labute approximate surface area is 160 Å². The number of thioether (sulfide) groups is 1. The summed E-state index contributed by atoms with van der Waals surface area (Å²) in [5.74, 6) is -2.71. The maximum absolute atomic E-state index is 12.8. The first-order chi connectivity index (χ1) is 12.8. The number of carbonyl (C=O) groups excluding carboxylic acids is 4. The van der Waals surface area contributed by atoms with Gasteiger partial charge >= 0.3 is 11.9 Å². The molecular formula is C17H21FN2O6S. The van der Waals surface area contributed by atoms with Crippen LogP contribution in [0.25, 0.3) is 0 Å². The molecule has 1 aromatic rings. The second kappa shape index (κ2) is 11.2. The lowest BCUT2D eigenvalue weighted by atomic mass is 10.3. The third-order valence-electron chi connectivity index (χ3n) is 3.35. The highest BCUT2D eigenvalue weighted by Crippen LogP contribution is 2.15. The molecule has 27 heavy (non-hydrogen) atoms. The van der Waals surface area contributed by atoms with Gasteiger partial charge in [0.2, 0.25) is 11.8 Å². The molecule has 1 N–H and O–H groups in total. The predicted octanol–water partition coefficient (Wildman–Crippen LogP) is 1.06. The van der Waals surface area contributed by atoms with Gasteiger partial charge < -0.3 is 19.7 Å². The van der Waals surface area contributed by atoms with E-state index in [9.17, 15) is 23.6 Å². The molecule has 0 saturated carbocycles. The van der Waals surface area contributed by atoms with Crippen LogP contribution in [0, 0.1) is 5.82 Å². The third kappa shape index (κ3) is 8.07. The van der Waals surface area contributed by atoms with Crippen LogP contribution in [0.4, 0.5) is 10.1 Å². The summed E-state index contributed by atoms with van der Waals surface area (Å²) in [4.78, 5) is 48.3. The number of rotatable bonds is 9. The molecule has 0 aliphatic carbocycles. The Morgan fingerprint density at radius 2 is 1.59 bits per heavy atom. The normalized spacial score (nSPS) is 11.3. The van der Waals surface area contributed by atoms with Gasteiger partial charge in [0.25, 0.3) is 0 Å². The van der Waals surface area contributed by atoms with E-state index in [1.165, 1.54) is 38.5 Å². The van der Waals surface area contributed by atoms with Crippen LogP contribution in [0.1, 0.15) is 6.92 Å². The van der Waals surface area contributed by atoms with Gasteiger partial charge in [-0.15, -0.1) is 11.8 Å². The average Bonchev–Trinajstić information content (AvgIpc) is 2.66. The van der Waals surface area contributed by atoms with Gasteiger partial charge in [-0.1, -0.05) is 0 Å². The van der Waals surface area contributed by atoms with Crippen LogP contribution in [0.15, 0.2) is 24.3 Å². The van der Waals surface area contributed by atoms with Gasteiger partial charge in [0.1, 0.15) is 18.9 Å². The van der Waals surface area contributed by atoms with Crippen LogP contribution in [0.2, 0.25) is 0 Å². The summed E-state index contributed by atoms with van der Waals surface area (Å²) in [7, 11) is 2.34. The molecule has 0 heterocycles. The first-order valence-electron chi connectivity index (χ1n) is 7.86. The van der Waals surface area contributed by atoms with Crippen molar-refractivity contribution in [1.82, 2.24) is 4.90 Å². The fraction of sp³-hybridized carbons (Fsp3) is 0.412. The number of esters is 2. The van der Waals surface area contributed by atoms with Crippen molar-refractivity contribution < 1.29 is 33.0 Å². The number of carbonyl (C=O) groups is 4. The van der Waals surface area contributed by atoms with Gasteiger partial charge in [-0.05, 0) is 31.2 Å². The van der Waals surface area contributed by atoms with E-state index in [4.69, 9.17) is 0 Å². The van der Waals surface area contributed by atoms with Crippen LogP contribution >= 0.6 is 11.8 Å². The summed E-state index contributed by atoms with van der Waals surface area (Å²) in [6.45, 7) is 0.744. The number of nitrogens with zero attached hydrogens (tertiary/aromatic N) is 1. The van der Waals surface area contributed by atoms with Gasteiger partial charge in [-0.2, -0.15) is 0 Å². The Hall–Kier alpha value is -2.62. The second-order valence-corrected chi connectivity index (χ2v) is 6.68. The molecule has 0 radical (unpaired) electrons. The Bertz CT molecular complexity index is 665. The summed E-state index contributed by atoms with van der Waals surface area (Å²) in [6.07, 6.45) is 0. The van der Waals surface area contributed by atoms with Gasteiger partial charge in [-0.3, -0.25) is 19.2 Å². The molecule has 1 unspecified atom stereocenters. The zero-order valence-corrected chi connectivity index (χ0v) is 16.0. The molecule has 0 aliphatic heterocycles. The minimum absolute atomic E-state index is 0.0471. The van der Waals surface area contributed by atoms with E-state index >= 15 is 0 Å². The molecule has 1 rings (SSSR count). The minimum atomic E-state index is -0.696. The van der Waals surface area contributed by atoms with Crippen molar-refractivity contribution in [2.24, 2.45) is 0 Å². The van der Waals surface area contributed by atoms with Gasteiger partial charge in [0.15, 0.2) is 0 Å². The Morgan fingerprint density at radius 3 is 2.07 bits per heavy atom. The number of benzene rings is 1. The van der Waals surface area contributed by atoms with E-state index < -0.39 is 42.0 Å². The number of hydrogen-bond acceptors (Lipinski definition) is 7. The average molecular weight is 400 g/mol. The molecule has 1 atom stereocenters. The van der Waals surface area contributed by atoms with Crippen molar-refractivity contribution in [3.63, 3.8) is 0 Å². The summed E-state index contributed by atoms with van der Waals surface area (Å²) in [5, 5.41) is 1.88. The maximum atomic E-state index is 12.8. The number of halogens is 1. The van der Waals surface area contributed by atoms with Crippen molar-refractivity contribution in [2.75, 3.05) is 38.4 Å². The highest BCUT2D eigenvalue weighted by atomic mass is 32.2. The first-order valence-corrected chi connectivity index (χ1v) is 8.91. The highest BCUT2D eigenvalue weighted by Gasteiger charge is 2.26. The van der Waals surface area contributed by atoms with Gasteiger partial charge in [-0.25, -0.2) is 4.39 Å². The molecule has 148 valence electrons. The molecule has 8 nitrogen and oxygen atoms in total. The molecule has 0 aromatic heterocycles. The second-order valence-electron chi connectivity index (χ2n) is 5.35. The number of amides is 2. The van der Waals surface area contributed by atoms with Gasteiger partial charge in [0, 0.05) is 5.69 Å². The van der Waals surface area contributed by atoms with Crippen LogP contribution in [0.5, 0.6) is 0 Å². The Balaban J connectivity index is 2.60. The molecular weight excluding hydrogens is 379 g/mol. The summed E-state index contributed by atoms with van der Waals surface area (Å²) in [6, 6.07) is 5.26. The molecule has 0 fully saturated rings. The van der Waals surface area contributed by atoms with Crippen molar-refractivity contribution in [2.45, 2.75) is 12.2 Å². The zero-order chi connectivity index (χ0) is 20.4. The maximum Gasteiger partial charge on any atom is 0.325 e. The molecule has 0 bridgehead atoms. The number of ether oxygens (including phenoxy) is 2. The molecule has 0 aliphatic rings. The Morgan fingerprint density at radius 1 is 1.07 bits per heavy atom. The fourth-order valence-electron chi connectivity index (χ4n) is 1.91. The predicted molar refractivity (Wildman–Crippen MR) is 97.6 cm³/mol. The van der Waals surface area contributed by atoms with Crippen molar-refractivity contribution in [1.29, 1.82) is 0 Å². The third-order valence-corrected chi connectivity index (χ3v) is 4.48. The van der Waals surface area contributed by atoms with E-state index in [0.29, 0.717) is 5.69 Å². The lowest BCUT2D eigenvalue weighted by Gasteiger charge is -2.23. The Kier molecular flexibility index (Phi) is 9.27. The topological polar surface area (TPSA) is 102 Å². The monoisotopic (exact) mass is 400 g/mol. The standard InChI is InChI=1S/C17H21FN2O6S/c1-11(17(24)20(8-15(22)25-2)9-16(23)26-3)27-10-14(21)19-13-6-4-12(18)5-7-13/h4-7,11H,8-10H2,1-3H3,(H,19,21). The van der Waals surface area contributed by atoms with Crippen molar-refractivity contribution >= 4 is 41.2 Å². The summed E-state index contributed by atoms with van der Waals surface area (Å²) in [5.41, 5.74) is 0.430. The number of methoxy groups -OCH3 is 2. The minimum Gasteiger partial charge on any atom is -0.468 e. The van der Waals surface area contributed by atoms with E-state index in [2.05, 4.69) is 14.8 Å². The van der Waals surface area contributed by atoms with E-state index in [1.54, 1.807) is 6.92 Å². The molecule has 0 saturated heterocycles. The van der Waals surface area contributed by atoms with Crippen LogP contribution in [0.3, 0.4) is 0 Å². The van der Waals surface area contributed by atoms with E-state index in [-0.39, 0.29) is 11.7 Å². The van der Waals surface area contributed by atoms with Gasteiger partial charge in [0.05, 0.1) is 25.2 Å². The number of hydrogen-bond donors (Lipinski definition) is 1. The molecule has 10 heteroatoms. The number of anilines is 1. The molecule has 0 spiro atoms. The van der Waals surface area contributed by atoms with Crippen molar-refractivity contribution in [3.05, 3.63) is 30.1 Å². The van der Waals surface area contributed by atoms with Crippen LogP contribution in [-0.2, 0) is 28.7 Å². The molecule has 1 aromatic carbocycles. The lowest BCUT2D eigenvalue weighted by molar-refractivity contribution is -0.151. The van der Waals surface area contributed by atoms with E-state index in [1.807, 2.05) is 0 Å². The van der Waals surface area contributed by atoms with Crippen LogP contribution in [-0.4, -0.2) is 67.0 Å². The fourth-order valence-corrected chi connectivity index (χ4v) is 2.68. The van der Waals surface area contributed by atoms with Crippen molar-refractivity contribution in [3.8, 4) is 0 Å². The summed E-state index contributed by atoms with van der Waals surface area (Å²) >= 11 is 1.03.